The molecule has 2 heterocycles. The summed E-state index contributed by atoms with van der Waals surface area (Å²) in [6.07, 6.45) is 3.86. The molecule has 1 aliphatic rings. The van der Waals surface area contributed by atoms with Gasteiger partial charge in [-0.05, 0) is 30.0 Å². The van der Waals surface area contributed by atoms with E-state index in [0.717, 1.165) is 23.2 Å². The molecular weight excluding hydrogens is 368 g/mol. The highest BCUT2D eigenvalue weighted by atomic mass is 16.2. The summed E-state index contributed by atoms with van der Waals surface area (Å²) < 4.78 is 1.93. The Morgan fingerprint density at radius 1 is 1.28 bits per heavy atom. The van der Waals surface area contributed by atoms with E-state index in [9.17, 15) is 9.59 Å². The van der Waals surface area contributed by atoms with Gasteiger partial charge in [0.05, 0.1) is 23.6 Å². The Labute approximate surface area is 169 Å². The Hall–Kier alpha value is -3.55. The van der Waals surface area contributed by atoms with E-state index in [1.807, 2.05) is 48.3 Å². The highest BCUT2D eigenvalue weighted by Gasteiger charge is 2.25. The second-order valence-corrected chi connectivity index (χ2v) is 7.51. The fraction of sp³-hybridized carbons (Fsp3) is 0.286. The van der Waals surface area contributed by atoms with Crippen molar-refractivity contribution in [3.05, 3.63) is 65.9 Å². The van der Waals surface area contributed by atoms with Gasteiger partial charge in [-0.25, -0.2) is 4.79 Å². The lowest BCUT2D eigenvalue weighted by Crippen LogP contribution is -2.47. The molecule has 2 aromatic rings. The number of aromatic nitrogens is 2. The molecule has 0 saturated carbocycles. The lowest BCUT2D eigenvalue weighted by Gasteiger charge is -2.22. The Bertz CT molecular complexity index is 989. The number of rotatable bonds is 6. The molecule has 0 spiro atoms. The molecule has 29 heavy (non-hydrogen) atoms. The summed E-state index contributed by atoms with van der Waals surface area (Å²) in [5.41, 5.74) is 9.13. The minimum atomic E-state index is -0.539. The fourth-order valence-corrected chi connectivity index (χ4v) is 3.07. The highest BCUT2D eigenvalue weighted by molar-refractivity contribution is 6.00. The highest BCUT2D eigenvalue weighted by Crippen LogP contribution is 2.23. The van der Waals surface area contributed by atoms with Crippen LogP contribution in [-0.2, 0) is 11.3 Å². The maximum atomic E-state index is 12.6. The van der Waals surface area contributed by atoms with Gasteiger partial charge in [-0.2, -0.15) is 5.10 Å². The van der Waals surface area contributed by atoms with Crippen LogP contribution < -0.4 is 21.7 Å². The molecule has 5 N–H and O–H groups in total. The van der Waals surface area contributed by atoms with Crippen molar-refractivity contribution in [2.45, 2.75) is 33.4 Å². The van der Waals surface area contributed by atoms with Crippen LogP contribution in [0.3, 0.4) is 0 Å². The molecule has 152 valence electrons. The van der Waals surface area contributed by atoms with Gasteiger partial charge in [-0.3, -0.25) is 9.48 Å². The quantitative estimate of drug-likeness (QED) is 0.602. The Morgan fingerprint density at radius 3 is 2.76 bits per heavy atom. The summed E-state index contributed by atoms with van der Waals surface area (Å²) in [7, 11) is 0. The average Bonchev–Trinajstić information content (AvgIpc) is 3.12. The zero-order valence-corrected chi connectivity index (χ0v) is 16.8. The van der Waals surface area contributed by atoms with Crippen molar-refractivity contribution in [2.75, 3.05) is 0 Å². The maximum absolute atomic E-state index is 12.6. The van der Waals surface area contributed by atoms with Crippen LogP contribution in [0.25, 0.3) is 11.1 Å². The summed E-state index contributed by atoms with van der Waals surface area (Å²) >= 11 is 0. The van der Waals surface area contributed by atoms with Gasteiger partial charge >= 0.3 is 6.03 Å². The van der Waals surface area contributed by atoms with Crippen molar-refractivity contribution in [3.63, 3.8) is 0 Å². The third kappa shape index (κ3) is 4.66. The largest absolute Gasteiger partial charge is 0.395 e. The molecule has 3 rings (SSSR count). The Morgan fingerprint density at radius 2 is 2.03 bits per heavy atom. The average molecular weight is 394 g/mol. The molecule has 0 fully saturated rings. The minimum Gasteiger partial charge on any atom is -0.395 e. The maximum Gasteiger partial charge on any atom is 0.323 e. The Balaban J connectivity index is 1.76. The first-order chi connectivity index (χ1) is 13.7. The number of hydrogen-bond acceptors (Lipinski definition) is 4. The monoisotopic (exact) mass is 394 g/mol. The number of nitrogens with zero attached hydrogens (tertiary/aromatic N) is 2. The van der Waals surface area contributed by atoms with Crippen LogP contribution in [0.1, 0.15) is 32.4 Å². The lowest BCUT2D eigenvalue weighted by atomic mass is 10.0. The zero-order valence-electron chi connectivity index (χ0n) is 16.8. The van der Waals surface area contributed by atoms with Gasteiger partial charge in [0.25, 0.3) is 5.91 Å². The van der Waals surface area contributed by atoms with Crippen molar-refractivity contribution in [1.82, 2.24) is 25.7 Å². The van der Waals surface area contributed by atoms with Crippen LogP contribution in [0, 0.1) is 5.92 Å². The van der Waals surface area contributed by atoms with Gasteiger partial charge < -0.3 is 21.7 Å². The number of amides is 3. The second kappa shape index (κ2) is 8.22. The van der Waals surface area contributed by atoms with Crippen molar-refractivity contribution >= 4 is 11.9 Å². The standard InChI is InChI=1S/C21H26N6O2/c1-12(2)10-27-11-17(9-23-27)16-7-5-6-15(8-16)13(3)24-20(28)19-18(22)14(4)25-21(29)26-19/h5-9,11-13H,4,10,22H2,1-3H3,(H,24,28)(H2,25,26,29)/t13-/m1/s1. The number of hydrogen-bond donors (Lipinski definition) is 4. The van der Waals surface area contributed by atoms with Crippen molar-refractivity contribution in [1.29, 1.82) is 0 Å². The molecule has 1 aliphatic heterocycles. The van der Waals surface area contributed by atoms with E-state index in [1.54, 1.807) is 0 Å². The second-order valence-electron chi connectivity index (χ2n) is 7.51. The van der Waals surface area contributed by atoms with Gasteiger partial charge in [0.1, 0.15) is 5.70 Å². The number of carbonyl (C=O) groups is 2. The van der Waals surface area contributed by atoms with Gasteiger partial charge in [0.2, 0.25) is 0 Å². The van der Waals surface area contributed by atoms with Crippen molar-refractivity contribution in [3.8, 4) is 11.1 Å². The van der Waals surface area contributed by atoms with E-state index in [4.69, 9.17) is 5.73 Å². The van der Waals surface area contributed by atoms with E-state index in [0.29, 0.717) is 5.92 Å². The van der Waals surface area contributed by atoms with Crippen LogP contribution in [-0.4, -0.2) is 21.7 Å². The fourth-order valence-electron chi connectivity index (χ4n) is 3.07. The van der Waals surface area contributed by atoms with Crippen LogP contribution in [0.5, 0.6) is 0 Å². The molecule has 8 heteroatoms. The third-order valence-corrected chi connectivity index (χ3v) is 4.58. The number of urea groups is 1. The normalized spacial score (nSPS) is 15.2. The molecule has 3 amide bonds. The minimum absolute atomic E-state index is 0.00304. The van der Waals surface area contributed by atoms with E-state index in [1.165, 1.54) is 0 Å². The molecule has 1 aromatic heterocycles. The number of nitrogens with two attached hydrogens (primary N) is 1. The van der Waals surface area contributed by atoms with E-state index >= 15 is 0 Å². The van der Waals surface area contributed by atoms with Crippen LogP contribution in [0.4, 0.5) is 4.79 Å². The van der Waals surface area contributed by atoms with Crippen molar-refractivity contribution < 1.29 is 9.59 Å². The smallest absolute Gasteiger partial charge is 0.323 e. The molecule has 1 aromatic carbocycles. The van der Waals surface area contributed by atoms with Crippen LogP contribution in [0.2, 0.25) is 0 Å². The lowest BCUT2D eigenvalue weighted by molar-refractivity contribution is -0.118. The van der Waals surface area contributed by atoms with Gasteiger partial charge in [-0.15, -0.1) is 0 Å². The van der Waals surface area contributed by atoms with Gasteiger partial charge in [0, 0.05) is 18.3 Å². The van der Waals surface area contributed by atoms with Crippen LogP contribution in [0.15, 0.2) is 60.3 Å². The first-order valence-corrected chi connectivity index (χ1v) is 9.45. The molecule has 8 nitrogen and oxygen atoms in total. The van der Waals surface area contributed by atoms with Crippen molar-refractivity contribution in [2.24, 2.45) is 11.7 Å². The topological polar surface area (TPSA) is 114 Å². The van der Waals surface area contributed by atoms with Crippen LogP contribution >= 0.6 is 0 Å². The summed E-state index contributed by atoms with van der Waals surface area (Å²) in [6, 6.07) is 7.06. The predicted octanol–water partition coefficient (Wildman–Crippen LogP) is 2.38. The van der Waals surface area contributed by atoms with E-state index < -0.39 is 11.9 Å². The summed E-state index contributed by atoms with van der Waals surface area (Å²) in [5, 5.41) is 12.1. The number of benzene rings is 1. The van der Waals surface area contributed by atoms with E-state index in [2.05, 4.69) is 41.5 Å². The molecule has 0 saturated heterocycles. The molecule has 0 radical (unpaired) electrons. The van der Waals surface area contributed by atoms with Gasteiger partial charge in [0.15, 0.2) is 0 Å². The first kappa shape index (κ1) is 20.2. The Kier molecular flexibility index (Phi) is 5.72. The number of carbonyl (C=O) groups excluding carboxylic acids is 2. The first-order valence-electron chi connectivity index (χ1n) is 9.45. The molecule has 0 unspecified atom stereocenters. The molecular formula is C21H26N6O2. The van der Waals surface area contributed by atoms with Gasteiger partial charge in [-0.1, -0.05) is 38.6 Å². The zero-order chi connectivity index (χ0) is 21.1. The molecule has 0 bridgehead atoms. The summed E-state index contributed by atoms with van der Waals surface area (Å²) in [4.78, 5) is 24.2. The predicted molar refractivity (Wildman–Crippen MR) is 111 cm³/mol. The molecule has 0 aliphatic carbocycles. The SMILES string of the molecule is C=C1NC(=O)NC(C(=O)N[C@H](C)c2cccc(-c3cnn(CC(C)C)c3)c2)=C1N. The van der Waals surface area contributed by atoms with E-state index in [-0.39, 0.29) is 23.1 Å². The summed E-state index contributed by atoms with van der Waals surface area (Å²) in [6.45, 7) is 10.7. The number of nitrogens with one attached hydrogen (secondary N) is 3. The third-order valence-electron chi connectivity index (χ3n) is 4.58. The summed E-state index contributed by atoms with van der Waals surface area (Å²) in [5.74, 6) is 0.0405. The molecule has 1 atom stereocenters.